The summed E-state index contributed by atoms with van der Waals surface area (Å²) >= 11 is 0. The van der Waals surface area contributed by atoms with Crippen LogP contribution < -0.4 is 20.7 Å². The molecule has 0 radical (unpaired) electrons. The molecule has 3 fully saturated rings. The number of hydrogen-bond acceptors (Lipinski definition) is 8. The minimum Gasteiger partial charge on any atom is -0.496 e. The van der Waals surface area contributed by atoms with E-state index in [1.54, 1.807) is 18.1 Å². The number of likely N-dealkylation sites (tertiary alicyclic amines) is 1. The number of H-pyrrole nitrogens is 1. The van der Waals surface area contributed by atoms with Gasteiger partial charge in [0.1, 0.15) is 17.5 Å². The molecule has 2 saturated heterocycles. The number of nitrogens with zero attached hydrogens (tertiary/aromatic N) is 1. The lowest BCUT2D eigenvalue weighted by atomic mass is 9.91. The van der Waals surface area contributed by atoms with Crippen LogP contribution in [0.2, 0.25) is 0 Å². The second kappa shape index (κ2) is 13.7. The van der Waals surface area contributed by atoms with Gasteiger partial charge >= 0.3 is 5.97 Å². The summed E-state index contributed by atoms with van der Waals surface area (Å²) in [6.07, 6.45) is 1.87. The second-order valence-corrected chi connectivity index (χ2v) is 11.8. The maximum Gasteiger partial charge on any atom is 0.303 e. The van der Waals surface area contributed by atoms with Crippen LogP contribution in [-0.2, 0) is 28.7 Å². The Bertz CT molecular complexity index is 1410. The van der Waals surface area contributed by atoms with Gasteiger partial charge in [-0.25, -0.2) is 0 Å². The smallest absolute Gasteiger partial charge is 0.303 e. The van der Waals surface area contributed by atoms with Crippen LogP contribution in [-0.4, -0.2) is 98.1 Å². The van der Waals surface area contributed by atoms with Gasteiger partial charge in [0.15, 0.2) is 6.10 Å². The van der Waals surface area contributed by atoms with Crippen molar-refractivity contribution in [2.45, 2.75) is 57.2 Å². The Morgan fingerprint density at radius 2 is 1.95 bits per heavy atom. The maximum absolute atomic E-state index is 14.2. The molecule has 1 unspecified atom stereocenters. The summed E-state index contributed by atoms with van der Waals surface area (Å²) in [6, 6.07) is 5.45. The van der Waals surface area contributed by atoms with Gasteiger partial charge in [0.2, 0.25) is 11.8 Å². The number of rotatable bonds is 12. The van der Waals surface area contributed by atoms with E-state index in [0.717, 1.165) is 30.2 Å². The molecule has 1 aliphatic carbocycles. The molecule has 4 amide bonds. The number of aromatic nitrogens is 1. The third kappa shape index (κ3) is 6.52. The van der Waals surface area contributed by atoms with E-state index in [2.05, 4.69) is 20.9 Å². The predicted molar refractivity (Wildman–Crippen MR) is 159 cm³/mol. The Kier molecular flexibility index (Phi) is 9.72. The number of aromatic amines is 1. The van der Waals surface area contributed by atoms with Crippen LogP contribution in [0.15, 0.2) is 24.3 Å². The summed E-state index contributed by atoms with van der Waals surface area (Å²) in [4.78, 5) is 70.9. The van der Waals surface area contributed by atoms with E-state index in [-0.39, 0.29) is 43.2 Å². The molecule has 1 aromatic heterocycles. The molecule has 13 heteroatoms. The quantitative estimate of drug-likeness (QED) is 0.205. The largest absolute Gasteiger partial charge is 0.496 e. The van der Waals surface area contributed by atoms with Crippen molar-refractivity contribution in [1.82, 2.24) is 25.8 Å². The average molecular weight is 612 g/mol. The first kappa shape index (κ1) is 31.3. The van der Waals surface area contributed by atoms with E-state index in [1.807, 2.05) is 18.2 Å². The maximum atomic E-state index is 14.2. The van der Waals surface area contributed by atoms with Crippen molar-refractivity contribution in [3.8, 4) is 5.75 Å². The summed E-state index contributed by atoms with van der Waals surface area (Å²) in [7, 11) is 3.06. The zero-order chi connectivity index (χ0) is 31.4. The number of carbonyl (C=O) groups excluding carboxylic acids is 5. The molecular formula is C31H41N5O8. The van der Waals surface area contributed by atoms with Crippen LogP contribution >= 0.6 is 0 Å². The minimum absolute atomic E-state index is 0.0593. The number of ether oxygens (including phenoxy) is 3. The van der Waals surface area contributed by atoms with Gasteiger partial charge in [-0.1, -0.05) is 12.5 Å². The van der Waals surface area contributed by atoms with Crippen molar-refractivity contribution >= 4 is 40.5 Å². The summed E-state index contributed by atoms with van der Waals surface area (Å²) in [6.45, 7) is 2.50. The molecule has 3 heterocycles. The van der Waals surface area contributed by atoms with E-state index < -0.39 is 41.9 Å². The van der Waals surface area contributed by atoms with Gasteiger partial charge in [0.05, 0.1) is 19.8 Å². The Labute approximate surface area is 255 Å². The molecule has 238 valence electrons. The third-order valence-corrected chi connectivity index (χ3v) is 9.05. The monoisotopic (exact) mass is 611 g/mol. The molecule has 0 bridgehead atoms. The van der Waals surface area contributed by atoms with Gasteiger partial charge in [0.25, 0.3) is 11.8 Å². The van der Waals surface area contributed by atoms with Crippen LogP contribution in [0.4, 0.5) is 0 Å². The van der Waals surface area contributed by atoms with Crippen LogP contribution in [0, 0.1) is 17.8 Å². The molecule has 2 aromatic rings. The van der Waals surface area contributed by atoms with E-state index in [0.29, 0.717) is 31.0 Å². The van der Waals surface area contributed by atoms with Crippen LogP contribution in [0.1, 0.15) is 49.5 Å². The van der Waals surface area contributed by atoms with Gasteiger partial charge in [0, 0.05) is 50.5 Å². The lowest BCUT2D eigenvalue weighted by Gasteiger charge is -2.32. The molecule has 1 saturated carbocycles. The summed E-state index contributed by atoms with van der Waals surface area (Å²) in [5.41, 5.74) is 1.09. The molecule has 44 heavy (non-hydrogen) atoms. The second-order valence-electron chi connectivity index (χ2n) is 11.8. The fourth-order valence-corrected chi connectivity index (χ4v) is 7.00. The highest BCUT2D eigenvalue weighted by Gasteiger charge is 2.51. The lowest BCUT2D eigenvalue weighted by molar-refractivity contribution is -0.157. The van der Waals surface area contributed by atoms with Crippen molar-refractivity contribution in [3.63, 3.8) is 0 Å². The molecule has 13 nitrogen and oxygen atoms in total. The minimum atomic E-state index is -1.38. The summed E-state index contributed by atoms with van der Waals surface area (Å²) in [5.74, 6) is -1.99. The SMILES string of the molecule is COCCNC(=O)C(OC(C)=O)[C@H](C[C@@H]1CCNC1=O)NC(=O)[C@@H]1[C@H]2CCC[C@H]2CN1C(=O)c1cc2c(OC)cccc2[nH]1. The highest BCUT2D eigenvalue weighted by molar-refractivity contribution is 6.02. The Hall–Kier alpha value is -4.13. The standard InChI is InChI=1S/C31H41N5O8/c1-17(37)44-27(30(40)33-12-13-42-2)23(14-18-10-11-32-28(18)38)35-29(39)26-20-7-4-6-19(20)16-36(26)31(41)24-15-21-22(34-24)8-5-9-25(21)43-3/h5,8-9,15,18-20,23,26-27,34H,4,6-7,10-14,16H2,1-3H3,(H,32,38)(H,33,40)(H,35,39)/t18-,19-,20-,23-,26-,27?/m0/s1. The normalized spacial score (nSPS) is 24.0. The van der Waals surface area contributed by atoms with Crippen molar-refractivity contribution in [2.75, 3.05) is 40.5 Å². The van der Waals surface area contributed by atoms with Gasteiger partial charge in [-0.2, -0.15) is 0 Å². The molecule has 1 aromatic carbocycles. The van der Waals surface area contributed by atoms with E-state index in [4.69, 9.17) is 14.2 Å². The third-order valence-electron chi connectivity index (χ3n) is 9.05. The van der Waals surface area contributed by atoms with Gasteiger partial charge < -0.3 is 40.0 Å². The Morgan fingerprint density at radius 3 is 2.66 bits per heavy atom. The number of carbonyl (C=O) groups is 5. The van der Waals surface area contributed by atoms with Crippen molar-refractivity contribution in [3.05, 3.63) is 30.0 Å². The molecule has 3 aliphatic rings. The van der Waals surface area contributed by atoms with E-state index in [9.17, 15) is 24.0 Å². The summed E-state index contributed by atoms with van der Waals surface area (Å²) in [5, 5.41) is 9.19. The van der Waals surface area contributed by atoms with E-state index in [1.165, 1.54) is 14.0 Å². The molecule has 6 atom stereocenters. The number of fused-ring (bicyclic) bond motifs is 2. The number of nitrogens with one attached hydrogen (secondary N) is 4. The van der Waals surface area contributed by atoms with Crippen LogP contribution in [0.25, 0.3) is 10.9 Å². The zero-order valence-electron chi connectivity index (χ0n) is 25.4. The fraction of sp³-hybridized carbons (Fsp3) is 0.581. The highest BCUT2D eigenvalue weighted by atomic mass is 16.5. The first-order valence-electron chi connectivity index (χ1n) is 15.2. The van der Waals surface area contributed by atoms with Crippen molar-refractivity contribution in [1.29, 1.82) is 0 Å². The number of benzene rings is 1. The molecule has 4 N–H and O–H groups in total. The highest BCUT2D eigenvalue weighted by Crippen LogP contribution is 2.43. The lowest BCUT2D eigenvalue weighted by Crippen LogP contribution is -2.58. The molecule has 5 rings (SSSR count). The van der Waals surface area contributed by atoms with Crippen molar-refractivity contribution < 1.29 is 38.2 Å². The molecular weight excluding hydrogens is 570 g/mol. The van der Waals surface area contributed by atoms with E-state index >= 15 is 0 Å². The summed E-state index contributed by atoms with van der Waals surface area (Å²) < 4.78 is 15.9. The zero-order valence-corrected chi connectivity index (χ0v) is 25.4. The van der Waals surface area contributed by atoms with Gasteiger partial charge in [-0.3, -0.25) is 24.0 Å². The predicted octanol–water partition coefficient (Wildman–Crippen LogP) is 1.12. The average Bonchev–Trinajstić information content (AvgIpc) is 3.79. The fourth-order valence-electron chi connectivity index (χ4n) is 7.00. The first-order valence-corrected chi connectivity index (χ1v) is 15.2. The van der Waals surface area contributed by atoms with Crippen LogP contribution in [0.5, 0.6) is 5.75 Å². The van der Waals surface area contributed by atoms with Gasteiger partial charge in [-0.05, 0) is 55.7 Å². The van der Waals surface area contributed by atoms with Crippen molar-refractivity contribution in [2.24, 2.45) is 17.8 Å². The number of hydrogen-bond donors (Lipinski definition) is 4. The number of methoxy groups -OCH3 is 2. The number of esters is 1. The van der Waals surface area contributed by atoms with Crippen LogP contribution in [0.3, 0.4) is 0 Å². The Balaban J connectivity index is 1.43. The molecule has 0 spiro atoms. The first-order chi connectivity index (χ1) is 21.2. The molecule has 2 aliphatic heterocycles. The van der Waals surface area contributed by atoms with Gasteiger partial charge in [-0.15, -0.1) is 0 Å². The number of amides is 4. The Morgan fingerprint density at radius 1 is 1.14 bits per heavy atom. The topological polar surface area (TPSA) is 168 Å².